The van der Waals surface area contributed by atoms with E-state index in [0.717, 1.165) is 78.1 Å². The van der Waals surface area contributed by atoms with E-state index in [1.165, 1.54) is 6.92 Å². The fourth-order valence-corrected chi connectivity index (χ4v) is 2.32. The average molecular weight is 569 g/mol. The quantitative estimate of drug-likeness (QED) is 0.106. The molecule has 1 atom stereocenters. The third-order valence-corrected chi connectivity index (χ3v) is 4.22. The Kier molecular flexibility index (Phi) is 39.2. The molecular weight excluding hydrogens is 516 g/mol. The van der Waals surface area contributed by atoms with Crippen molar-refractivity contribution in [2.75, 3.05) is 26.4 Å². The normalized spacial score (nSPS) is 10.1. The van der Waals surface area contributed by atoms with Crippen molar-refractivity contribution in [1.82, 2.24) is 0 Å². The standard InChI is InChI=1S/C18H34O4.C5H10O4.2C2H4O2/c1-3-5-15-21-17(19)13-11-9-7-8-10-12-14-18(20)22-16-6-4-2;1-4(7)9-3-5(8)2-6;2*1-2(3)4/h3-16H2,1-2H3;5-6,8H,2-3H2,1H3;2*1H3,(H,3,4). The molecule has 0 fully saturated rings. The van der Waals surface area contributed by atoms with Crippen LogP contribution < -0.4 is 0 Å². The van der Waals surface area contributed by atoms with Gasteiger partial charge in [-0.1, -0.05) is 52.4 Å². The molecule has 0 saturated heterocycles. The summed E-state index contributed by atoms with van der Waals surface area (Å²) < 4.78 is 14.6. The van der Waals surface area contributed by atoms with Gasteiger partial charge in [0, 0.05) is 33.6 Å². The molecule has 0 radical (unpaired) electrons. The first-order valence-corrected chi connectivity index (χ1v) is 13.5. The number of carboxylic acids is 2. The summed E-state index contributed by atoms with van der Waals surface area (Å²) in [6.45, 7) is 8.17. The Morgan fingerprint density at radius 2 is 0.949 bits per heavy atom. The van der Waals surface area contributed by atoms with Gasteiger partial charge in [-0.3, -0.25) is 24.0 Å². The highest BCUT2D eigenvalue weighted by Crippen LogP contribution is 2.10. The number of hydrogen-bond donors (Lipinski definition) is 4. The summed E-state index contributed by atoms with van der Waals surface area (Å²) in [6, 6.07) is 0. The van der Waals surface area contributed by atoms with Gasteiger partial charge in [0.15, 0.2) is 0 Å². The van der Waals surface area contributed by atoms with Crippen LogP contribution in [0.5, 0.6) is 0 Å². The van der Waals surface area contributed by atoms with Gasteiger partial charge in [0.05, 0.1) is 19.8 Å². The molecule has 0 bridgehead atoms. The summed E-state index contributed by atoms with van der Waals surface area (Å²) in [5.74, 6) is -2.26. The molecule has 39 heavy (non-hydrogen) atoms. The molecule has 0 aromatic carbocycles. The van der Waals surface area contributed by atoms with Crippen molar-refractivity contribution in [2.24, 2.45) is 0 Å². The van der Waals surface area contributed by atoms with Crippen molar-refractivity contribution >= 4 is 29.8 Å². The minimum Gasteiger partial charge on any atom is -0.481 e. The molecule has 0 aliphatic heterocycles. The number of aliphatic carboxylic acids is 2. The van der Waals surface area contributed by atoms with E-state index in [2.05, 4.69) is 18.6 Å². The van der Waals surface area contributed by atoms with E-state index in [1.807, 2.05) is 0 Å². The highest BCUT2D eigenvalue weighted by atomic mass is 16.5. The monoisotopic (exact) mass is 568 g/mol. The zero-order valence-corrected chi connectivity index (χ0v) is 24.4. The van der Waals surface area contributed by atoms with Crippen molar-refractivity contribution in [2.45, 2.75) is 118 Å². The minimum atomic E-state index is -0.950. The highest BCUT2D eigenvalue weighted by molar-refractivity contribution is 5.69. The zero-order valence-electron chi connectivity index (χ0n) is 24.4. The predicted octanol–water partition coefficient (Wildman–Crippen LogP) is 3.88. The predicted molar refractivity (Wildman–Crippen MR) is 145 cm³/mol. The second-order valence-corrected chi connectivity index (χ2v) is 8.45. The summed E-state index contributed by atoms with van der Waals surface area (Å²) in [6.07, 6.45) is 10.3. The molecule has 0 saturated carbocycles. The van der Waals surface area contributed by atoms with Gasteiger partial charge in [0.25, 0.3) is 11.9 Å². The lowest BCUT2D eigenvalue weighted by Crippen LogP contribution is -2.20. The van der Waals surface area contributed by atoms with Crippen LogP contribution in [-0.2, 0) is 38.2 Å². The molecule has 0 amide bonds. The smallest absolute Gasteiger partial charge is 0.305 e. The third-order valence-electron chi connectivity index (χ3n) is 4.22. The summed E-state index contributed by atoms with van der Waals surface area (Å²) in [7, 11) is 0. The second kappa shape index (κ2) is 35.3. The van der Waals surface area contributed by atoms with Gasteiger partial charge < -0.3 is 34.6 Å². The Morgan fingerprint density at radius 3 is 1.23 bits per heavy atom. The Labute approximate surface area is 233 Å². The minimum absolute atomic E-state index is 0.0664. The van der Waals surface area contributed by atoms with E-state index in [0.29, 0.717) is 26.1 Å². The highest BCUT2D eigenvalue weighted by Gasteiger charge is 2.04. The Hall–Kier alpha value is -2.73. The summed E-state index contributed by atoms with van der Waals surface area (Å²) in [4.78, 5) is 50.8. The van der Waals surface area contributed by atoms with E-state index in [1.54, 1.807) is 0 Å². The molecular formula is C27H52O12. The number of hydrogen-bond acceptors (Lipinski definition) is 10. The maximum absolute atomic E-state index is 11.4. The Balaban J connectivity index is -0.000000293. The first-order valence-electron chi connectivity index (χ1n) is 13.5. The molecule has 4 N–H and O–H groups in total. The van der Waals surface area contributed by atoms with Crippen LogP contribution in [0.2, 0.25) is 0 Å². The van der Waals surface area contributed by atoms with E-state index in [9.17, 15) is 14.4 Å². The fraction of sp³-hybridized carbons (Fsp3) is 0.815. The van der Waals surface area contributed by atoms with Crippen LogP contribution in [0.15, 0.2) is 0 Å². The third kappa shape index (κ3) is 61.1. The summed E-state index contributed by atoms with van der Waals surface area (Å²) in [5.41, 5.74) is 0. The lowest BCUT2D eigenvalue weighted by atomic mass is 10.1. The number of carboxylic acid groups (broad SMARTS) is 2. The number of carbonyl (C=O) groups excluding carboxylic acids is 3. The van der Waals surface area contributed by atoms with Gasteiger partial charge in [-0.05, 0) is 25.7 Å². The van der Waals surface area contributed by atoms with E-state index in [-0.39, 0.29) is 25.2 Å². The molecule has 0 aromatic rings. The summed E-state index contributed by atoms with van der Waals surface area (Å²) in [5, 5.41) is 31.6. The fourth-order valence-electron chi connectivity index (χ4n) is 2.32. The van der Waals surface area contributed by atoms with Crippen molar-refractivity contribution in [1.29, 1.82) is 0 Å². The van der Waals surface area contributed by atoms with Gasteiger partial charge >= 0.3 is 17.9 Å². The Bertz CT molecular complexity index is 560. The van der Waals surface area contributed by atoms with Crippen LogP contribution in [-0.4, -0.2) is 82.8 Å². The number of aliphatic hydroxyl groups excluding tert-OH is 2. The molecule has 232 valence electrons. The molecule has 12 nitrogen and oxygen atoms in total. The number of aliphatic hydroxyl groups is 2. The van der Waals surface area contributed by atoms with Gasteiger partial charge in [0.1, 0.15) is 12.7 Å². The molecule has 0 spiro atoms. The molecule has 0 heterocycles. The van der Waals surface area contributed by atoms with Crippen molar-refractivity contribution in [3.05, 3.63) is 0 Å². The first kappa shape index (κ1) is 43.3. The van der Waals surface area contributed by atoms with Crippen molar-refractivity contribution < 1.29 is 58.6 Å². The van der Waals surface area contributed by atoms with Crippen LogP contribution in [0.1, 0.15) is 112 Å². The molecule has 0 aliphatic rings. The van der Waals surface area contributed by atoms with E-state index >= 15 is 0 Å². The number of unbranched alkanes of at least 4 members (excludes halogenated alkanes) is 7. The maximum Gasteiger partial charge on any atom is 0.305 e. The lowest BCUT2D eigenvalue weighted by Gasteiger charge is -2.05. The van der Waals surface area contributed by atoms with Crippen molar-refractivity contribution in [3.8, 4) is 0 Å². The van der Waals surface area contributed by atoms with Crippen LogP contribution in [0.25, 0.3) is 0 Å². The SMILES string of the molecule is CC(=O)O.CC(=O)O.CC(=O)OCC(O)CO.CCCCOC(=O)CCCCCCCCC(=O)OCCCC. The van der Waals surface area contributed by atoms with Gasteiger partial charge in [-0.2, -0.15) is 0 Å². The molecule has 0 rings (SSSR count). The first-order chi connectivity index (χ1) is 18.3. The van der Waals surface area contributed by atoms with Crippen LogP contribution >= 0.6 is 0 Å². The average Bonchev–Trinajstić information content (AvgIpc) is 2.84. The molecule has 12 heteroatoms. The lowest BCUT2D eigenvalue weighted by molar-refractivity contribution is -0.145. The van der Waals surface area contributed by atoms with Gasteiger partial charge in [0.2, 0.25) is 0 Å². The van der Waals surface area contributed by atoms with E-state index < -0.39 is 24.0 Å². The van der Waals surface area contributed by atoms with E-state index in [4.69, 9.17) is 39.5 Å². The number of ether oxygens (including phenoxy) is 3. The molecule has 1 unspecified atom stereocenters. The van der Waals surface area contributed by atoms with Crippen LogP contribution in [0.4, 0.5) is 0 Å². The van der Waals surface area contributed by atoms with Crippen molar-refractivity contribution in [3.63, 3.8) is 0 Å². The van der Waals surface area contributed by atoms with Crippen LogP contribution in [0, 0.1) is 0 Å². The van der Waals surface area contributed by atoms with Gasteiger partial charge in [-0.25, -0.2) is 0 Å². The zero-order chi connectivity index (χ0) is 30.9. The summed E-state index contributed by atoms with van der Waals surface area (Å²) >= 11 is 0. The largest absolute Gasteiger partial charge is 0.481 e. The van der Waals surface area contributed by atoms with Gasteiger partial charge in [-0.15, -0.1) is 0 Å². The van der Waals surface area contributed by atoms with Crippen LogP contribution in [0.3, 0.4) is 0 Å². The number of rotatable bonds is 18. The second-order valence-electron chi connectivity index (χ2n) is 8.45. The molecule has 0 aliphatic carbocycles. The number of esters is 3. The Morgan fingerprint density at radius 1 is 0.615 bits per heavy atom. The maximum atomic E-state index is 11.4. The number of carbonyl (C=O) groups is 5. The molecule has 0 aromatic heterocycles. The topological polar surface area (TPSA) is 194 Å².